The lowest BCUT2D eigenvalue weighted by Gasteiger charge is -2.43. The van der Waals surface area contributed by atoms with Crippen molar-refractivity contribution in [3.05, 3.63) is 53.5 Å². The summed E-state index contributed by atoms with van der Waals surface area (Å²) >= 11 is 0. The maximum Gasteiger partial charge on any atom is 0.219 e. The average molecular weight is 583 g/mol. The van der Waals surface area contributed by atoms with E-state index in [0.717, 1.165) is 0 Å². The lowest BCUT2D eigenvalue weighted by molar-refractivity contribution is 0.146. The number of rotatable bonds is 7. The molecule has 6 nitrogen and oxygen atoms in total. The maximum absolute atomic E-state index is 14.4. The summed E-state index contributed by atoms with van der Waals surface area (Å²) in [5.74, 6) is -0.150. The molecule has 1 unspecified atom stereocenters. The maximum atomic E-state index is 14.4. The SMILES string of the molecule is CN=S(=O)(/C1=C/[C@@H](C(C)C)[C@@H](CO[Si](C)(C)C(C)(C)C)N(S(=O)(=O)C(C)(C)C)C/C=C\C1)c1ccccc1. The van der Waals surface area contributed by atoms with E-state index in [9.17, 15) is 12.6 Å². The van der Waals surface area contributed by atoms with Crippen molar-refractivity contribution in [2.24, 2.45) is 16.2 Å². The highest BCUT2D eigenvalue weighted by atomic mass is 32.2. The molecule has 1 aliphatic heterocycles. The lowest BCUT2D eigenvalue weighted by atomic mass is 9.88. The van der Waals surface area contributed by atoms with Gasteiger partial charge in [0, 0.05) is 18.5 Å². The van der Waals surface area contributed by atoms with Gasteiger partial charge in [0.25, 0.3) is 0 Å². The number of nitrogens with zero attached hydrogens (tertiary/aromatic N) is 2. The Hall–Kier alpha value is -1.26. The molecule has 0 N–H and O–H groups in total. The van der Waals surface area contributed by atoms with Gasteiger partial charge in [0.05, 0.1) is 32.0 Å². The number of allylic oxidation sites excluding steroid dienone is 2. The molecule has 0 saturated carbocycles. The molecular formula is C29H50N2O4S2Si. The molecule has 9 heteroatoms. The van der Waals surface area contributed by atoms with Crippen molar-refractivity contribution in [1.82, 2.24) is 4.31 Å². The van der Waals surface area contributed by atoms with Gasteiger partial charge in [-0.15, -0.1) is 0 Å². The van der Waals surface area contributed by atoms with Crippen LogP contribution in [0.5, 0.6) is 0 Å². The van der Waals surface area contributed by atoms with Crippen molar-refractivity contribution >= 4 is 28.1 Å². The summed E-state index contributed by atoms with van der Waals surface area (Å²) in [6.45, 7) is 20.9. The van der Waals surface area contributed by atoms with Gasteiger partial charge in [-0.2, -0.15) is 4.31 Å². The molecule has 1 aromatic rings. The van der Waals surface area contributed by atoms with E-state index >= 15 is 0 Å². The molecule has 3 atom stereocenters. The molecule has 0 saturated heterocycles. The molecule has 1 aliphatic rings. The van der Waals surface area contributed by atoms with Crippen molar-refractivity contribution in [1.29, 1.82) is 0 Å². The Kier molecular flexibility index (Phi) is 10.5. The topological polar surface area (TPSA) is 76.0 Å². The lowest BCUT2D eigenvalue weighted by Crippen LogP contribution is -2.55. The Labute approximate surface area is 234 Å². The van der Waals surface area contributed by atoms with Crippen LogP contribution in [0.4, 0.5) is 0 Å². The third-order valence-electron chi connectivity index (χ3n) is 7.91. The van der Waals surface area contributed by atoms with Gasteiger partial charge in [0.1, 0.15) is 0 Å². The minimum absolute atomic E-state index is 0.0177. The van der Waals surface area contributed by atoms with Crippen LogP contribution in [-0.2, 0) is 24.2 Å². The van der Waals surface area contributed by atoms with Crippen molar-refractivity contribution < 1.29 is 17.1 Å². The molecule has 1 aromatic carbocycles. The fourth-order valence-electron chi connectivity index (χ4n) is 4.25. The van der Waals surface area contributed by atoms with Gasteiger partial charge < -0.3 is 4.43 Å². The molecule has 1 heterocycles. The van der Waals surface area contributed by atoms with Crippen LogP contribution >= 0.6 is 0 Å². The zero-order valence-corrected chi connectivity index (χ0v) is 27.9. The molecule has 0 radical (unpaired) electrons. The van der Waals surface area contributed by atoms with Crippen LogP contribution in [0.15, 0.2) is 62.7 Å². The smallest absolute Gasteiger partial charge is 0.219 e. The second-order valence-corrected chi connectivity index (χ2v) is 22.8. The summed E-state index contributed by atoms with van der Waals surface area (Å²) in [5, 5.41) is -0.0177. The minimum atomic E-state index is -3.69. The Balaban J connectivity index is 2.79. The highest BCUT2D eigenvalue weighted by molar-refractivity contribution is 7.97. The summed E-state index contributed by atoms with van der Waals surface area (Å²) in [6, 6.07) is 8.90. The molecular weight excluding hydrogens is 533 g/mol. The van der Waals surface area contributed by atoms with Crippen molar-refractivity contribution in [3.8, 4) is 0 Å². The van der Waals surface area contributed by atoms with E-state index in [1.807, 2.05) is 48.6 Å². The van der Waals surface area contributed by atoms with Crippen LogP contribution in [0.2, 0.25) is 18.1 Å². The summed E-state index contributed by atoms with van der Waals surface area (Å²) in [6.07, 6.45) is 6.31. The average Bonchev–Trinajstić information content (AvgIpc) is 2.90. The largest absolute Gasteiger partial charge is 0.415 e. The van der Waals surface area contributed by atoms with E-state index in [1.54, 1.807) is 32.1 Å². The third kappa shape index (κ3) is 7.08. The van der Waals surface area contributed by atoms with E-state index in [0.29, 0.717) is 16.2 Å². The van der Waals surface area contributed by atoms with Gasteiger partial charge in [-0.1, -0.05) is 71.0 Å². The van der Waals surface area contributed by atoms with Gasteiger partial charge in [-0.25, -0.2) is 17.0 Å². The molecule has 0 spiro atoms. The fourth-order valence-corrected chi connectivity index (χ4v) is 8.75. The summed E-state index contributed by atoms with van der Waals surface area (Å²) in [5.41, 5.74) is 0. The van der Waals surface area contributed by atoms with Crippen LogP contribution in [0, 0.1) is 11.8 Å². The zero-order chi connectivity index (χ0) is 29.2. The van der Waals surface area contributed by atoms with Crippen LogP contribution in [0.25, 0.3) is 0 Å². The summed E-state index contributed by atoms with van der Waals surface area (Å²) in [7, 11) is -7.13. The van der Waals surface area contributed by atoms with Gasteiger partial charge in [-0.05, 0) is 69.3 Å². The Morgan fingerprint density at radius 3 is 2.08 bits per heavy atom. The second kappa shape index (κ2) is 12.1. The van der Waals surface area contributed by atoms with E-state index in [4.69, 9.17) is 4.43 Å². The van der Waals surface area contributed by atoms with Crippen LogP contribution in [0.3, 0.4) is 0 Å². The first-order chi connectivity index (χ1) is 17.3. The Morgan fingerprint density at radius 1 is 1.03 bits per heavy atom. The normalized spacial score (nSPS) is 24.5. The van der Waals surface area contributed by atoms with Gasteiger partial charge in [0.15, 0.2) is 8.32 Å². The van der Waals surface area contributed by atoms with Crippen LogP contribution < -0.4 is 0 Å². The molecule has 38 heavy (non-hydrogen) atoms. The fraction of sp³-hybridized carbons (Fsp3) is 0.655. The predicted molar refractivity (Wildman–Crippen MR) is 164 cm³/mol. The van der Waals surface area contributed by atoms with Gasteiger partial charge >= 0.3 is 0 Å². The number of hydrogen-bond donors (Lipinski definition) is 0. The highest BCUT2D eigenvalue weighted by Gasteiger charge is 2.44. The number of hydrogen-bond acceptors (Lipinski definition) is 5. The first kappa shape index (κ1) is 32.9. The molecule has 216 valence electrons. The number of benzene rings is 1. The highest BCUT2D eigenvalue weighted by Crippen LogP contribution is 2.39. The predicted octanol–water partition coefficient (Wildman–Crippen LogP) is 7.08. The Morgan fingerprint density at radius 2 is 1.61 bits per heavy atom. The van der Waals surface area contributed by atoms with Crippen molar-refractivity contribution in [2.75, 3.05) is 20.2 Å². The monoisotopic (exact) mass is 582 g/mol. The number of sulfonamides is 1. The summed E-state index contributed by atoms with van der Waals surface area (Å²) < 4.78 is 54.2. The molecule has 0 amide bonds. The third-order valence-corrected chi connectivity index (χ3v) is 17.4. The molecule has 0 bridgehead atoms. The van der Waals surface area contributed by atoms with Gasteiger partial charge in [0.2, 0.25) is 10.0 Å². The molecule has 0 aliphatic carbocycles. The second-order valence-electron chi connectivity index (χ2n) is 13.0. The van der Waals surface area contributed by atoms with Crippen molar-refractivity contribution in [3.63, 3.8) is 0 Å². The Bertz CT molecular complexity index is 1230. The first-order valence-corrected chi connectivity index (χ1v) is 19.4. The van der Waals surface area contributed by atoms with E-state index in [2.05, 4.69) is 52.1 Å². The van der Waals surface area contributed by atoms with Crippen molar-refractivity contribution in [2.45, 2.75) is 95.6 Å². The zero-order valence-electron chi connectivity index (χ0n) is 25.3. The molecule has 0 fully saturated rings. The van der Waals surface area contributed by atoms with E-state index < -0.39 is 38.9 Å². The first-order valence-electron chi connectivity index (χ1n) is 13.5. The minimum Gasteiger partial charge on any atom is -0.415 e. The van der Waals surface area contributed by atoms with Gasteiger partial charge in [-0.3, -0.25) is 0 Å². The quantitative estimate of drug-likeness (QED) is 0.254. The molecule has 0 aromatic heterocycles. The summed E-state index contributed by atoms with van der Waals surface area (Å²) in [4.78, 5) is 1.38. The van der Waals surface area contributed by atoms with E-state index in [-0.39, 0.29) is 30.0 Å². The standard InChI is InChI=1S/C29H50N2O4S2Si/c1-23(2)26-21-25(36(32,30-9)24-17-13-12-14-18-24)19-15-16-20-31(37(33,34)28(3,4)5)27(26)22-35-38(10,11)29(6,7)8/h12-18,21,23,26-27H,19-20,22H2,1-11H3/b16-15-,25-21+/t26-,27+,36?/m0/s1. The van der Waals surface area contributed by atoms with Crippen LogP contribution in [0.1, 0.15) is 61.8 Å². The van der Waals surface area contributed by atoms with Crippen LogP contribution in [-0.4, -0.2) is 56.2 Å². The molecule has 2 rings (SSSR count). The van der Waals surface area contributed by atoms with E-state index in [1.165, 1.54) is 0 Å².